The van der Waals surface area contributed by atoms with Crippen LogP contribution in [0, 0.1) is 18.8 Å². The Morgan fingerprint density at radius 1 is 1.46 bits per heavy atom. The van der Waals surface area contributed by atoms with E-state index in [1.54, 1.807) is 9.58 Å². The van der Waals surface area contributed by atoms with Crippen molar-refractivity contribution in [2.75, 3.05) is 32.5 Å². The first-order valence-corrected chi connectivity index (χ1v) is 10.1. The Kier molecular flexibility index (Phi) is 4.67. The Hall–Kier alpha value is -1.45. The van der Waals surface area contributed by atoms with Gasteiger partial charge in [0, 0.05) is 38.0 Å². The first-order chi connectivity index (χ1) is 11.3. The fourth-order valence-corrected chi connectivity index (χ4v) is 4.07. The molecular weight excluding hydrogens is 332 g/mol. The van der Waals surface area contributed by atoms with E-state index >= 15 is 0 Å². The monoisotopic (exact) mass is 356 g/mol. The molecule has 2 fully saturated rings. The number of hydrogen-bond acceptors (Lipinski definition) is 5. The Morgan fingerprint density at radius 3 is 2.88 bits per heavy atom. The maximum atomic E-state index is 12.8. The number of amides is 1. The Morgan fingerprint density at radius 2 is 2.21 bits per heavy atom. The molecule has 0 unspecified atom stereocenters. The summed E-state index contributed by atoms with van der Waals surface area (Å²) >= 11 is 0. The molecule has 3 rings (SSSR count). The second-order valence-corrected chi connectivity index (χ2v) is 8.45. The summed E-state index contributed by atoms with van der Waals surface area (Å²) in [6, 6.07) is 1.81. The van der Waals surface area contributed by atoms with Gasteiger partial charge in [0.2, 0.25) is 10.0 Å². The molecule has 1 amide bonds. The van der Waals surface area contributed by atoms with Crippen molar-refractivity contribution in [1.29, 1.82) is 0 Å². The minimum Gasteiger partial charge on any atom is -0.376 e. The largest absolute Gasteiger partial charge is 0.376 e. The molecule has 24 heavy (non-hydrogen) atoms. The van der Waals surface area contributed by atoms with E-state index in [1.807, 2.05) is 19.9 Å². The lowest BCUT2D eigenvalue weighted by Gasteiger charge is -2.20. The van der Waals surface area contributed by atoms with Gasteiger partial charge >= 0.3 is 0 Å². The van der Waals surface area contributed by atoms with Gasteiger partial charge in [-0.25, -0.2) is 13.1 Å². The van der Waals surface area contributed by atoms with Gasteiger partial charge in [-0.05, 0) is 19.9 Å². The van der Waals surface area contributed by atoms with E-state index in [-0.39, 0.29) is 23.8 Å². The maximum absolute atomic E-state index is 12.8. The lowest BCUT2D eigenvalue weighted by Crippen LogP contribution is -2.35. The van der Waals surface area contributed by atoms with E-state index in [2.05, 4.69) is 9.82 Å². The number of rotatable bonds is 5. The summed E-state index contributed by atoms with van der Waals surface area (Å²) in [7, 11) is -3.22. The van der Waals surface area contributed by atoms with Crippen LogP contribution in [-0.4, -0.2) is 67.6 Å². The Labute approximate surface area is 142 Å². The number of fused-ring (bicyclic) bond motifs is 1. The number of carbonyl (C=O) groups is 1. The number of sulfonamides is 1. The molecule has 0 aliphatic carbocycles. The zero-order valence-corrected chi connectivity index (χ0v) is 15.0. The molecule has 9 heteroatoms. The summed E-state index contributed by atoms with van der Waals surface area (Å²) in [5, 5.41) is 4.33. The molecule has 0 spiro atoms. The lowest BCUT2D eigenvalue weighted by molar-refractivity contribution is 0.0668. The van der Waals surface area contributed by atoms with E-state index in [4.69, 9.17) is 4.74 Å². The molecule has 3 heterocycles. The van der Waals surface area contributed by atoms with E-state index in [0.717, 1.165) is 11.9 Å². The van der Waals surface area contributed by atoms with Gasteiger partial charge < -0.3 is 9.64 Å². The Bertz CT molecular complexity index is 730. The second-order valence-electron chi connectivity index (χ2n) is 6.61. The summed E-state index contributed by atoms with van der Waals surface area (Å²) in [4.78, 5) is 14.6. The van der Waals surface area contributed by atoms with Crippen LogP contribution in [0.4, 0.5) is 0 Å². The zero-order chi connectivity index (χ0) is 17.5. The second kappa shape index (κ2) is 6.45. The van der Waals surface area contributed by atoms with Gasteiger partial charge in [0.05, 0.1) is 24.7 Å². The normalized spacial score (nSPS) is 26.8. The molecule has 0 saturated carbocycles. The van der Waals surface area contributed by atoms with Crippen molar-refractivity contribution in [3.63, 3.8) is 0 Å². The van der Waals surface area contributed by atoms with Gasteiger partial charge in [-0.2, -0.15) is 5.10 Å². The average molecular weight is 356 g/mol. The lowest BCUT2D eigenvalue weighted by atomic mass is 9.93. The van der Waals surface area contributed by atoms with Crippen molar-refractivity contribution < 1.29 is 17.9 Å². The number of hydrogen-bond donors (Lipinski definition) is 1. The number of likely N-dealkylation sites (tertiary alicyclic amines) is 1. The van der Waals surface area contributed by atoms with Crippen LogP contribution in [0.3, 0.4) is 0 Å². The standard InChI is InChI=1S/C15H24N4O4S/c1-4-19-13(5-10(2)17-19)15(20)18-7-12-11(6-16-24(3,21)22)9-23-14(12)8-18/h5,11-12,14,16H,4,6-9H2,1-3H3/t11-,12-,14-/m1/s1. The van der Waals surface area contributed by atoms with Crippen molar-refractivity contribution in [3.8, 4) is 0 Å². The molecule has 8 nitrogen and oxygen atoms in total. The summed E-state index contributed by atoms with van der Waals surface area (Å²) in [6.07, 6.45) is 1.14. The molecule has 1 aromatic rings. The van der Waals surface area contributed by atoms with Gasteiger partial charge in [-0.3, -0.25) is 9.48 Å². The number of aryl methyl sites for hydroxylation is 2. The SMILES string of the molecule is CCn1nc(C)cc1C(=O)N1C[C@@H]2[C@H](CNS(C)(=O)=O)CO[C@@H]2C1. The average Bonchev–Trinajstić information content (AvgIpc) is 3.17. The summed E-state index contributed by atoms with van der Waals surface area (Å²) in [5.74, 6) is 0.230. The van der Waals surface area contributed by atoms with Crippen molar-refractivity contribution in [2.24, 2.45) is 11.8 Å². The highest BCUT2D eigenvalue weighted by atomic mass is 32.2. The minimum atomic E-state index is -3.22. The summed E-state index contributed by atoms with van der Waals surface area (Å²) in [6.45, 7) is 6.50. The smallest absolute Gasteiger partial charge is 0.272 e. The quantitative estimate of drug-likeness (QED) is 0.792. The van der Waals surface area contributed by atoms with E-state index in [1.165, 1.54) is 0 Å². The number of nitrogens with zero attached hydrogens (tertiary/aromatic N) is 3. The topological polar surface area (TPSA) is 93.5 Å². The molecule has 1 N–H and O–H groups in total. The Balaban J connectivity index is 1.67. The van der Waals surface area contributed by atoms with Crippen LogP contribution in [-0.2, 0) is 21.3 Å². The number of aromatic nitrogens is 2. The predicted octanol–water partition coefficient (Wildman–Crippen LogP) is -0.152. The van der Waals surface area contributed by atoms with Gasteiger partial charge in [-0.1, -0.05) is 0 Å². The van der Waals surface area contributed by atoms with Crippen LogP contribution in [0.2, 0.25) is 0 Å². The van der Waals surface area contributed by atoms with E-state index < -0.39 is 10.0 Å². The van der Waals surface area contributed by atoms with Gasteiger partial charge in [-0.15, -0.1) is 0 Å². The van der Waals surface area contributed by atoms with Gasteiger partial charge in [0.15, 0.2) is 0 Å². The molecule has 1 aromatic heterocycles. The third-order valence-corrected chi connectivity index (χ3v) is 5.45. The fraction of sp³-hybridized carbons (Fsp3) is 0.733. The van der Waals surface area contributed by atoms with Crippen molar-refractivity contribution in [2.45, 2.75) is 26.5 Å². The third kappa shape index (κ3) is 3.47. The van der Waals surface area contributed by atoms with Crippen molar-refractivity contribution >= 4 is 15.9 Å². The highest BCUT2D eigenvalue weighted by molar-refractivity contribution is 7.88. The molecule has 3 atom stereocenters. The molecule has 134 valence electrons. The maximum Gasteiger partial charge on any atom is 0.272 e. The molecule has 2 aliphatic rings. The van der Waals surface area contributed by atoms with E-state index in [0.29, 0.717) is 38.5 Å². The highest BCUT2D eigenvalue weighted by Gasteiger charge is 2.45. The molecular formula is C15H24N4O4S. The molecule has 2 saturated heterocycles. The fourth-order valence-electron chi connectivity index (χ4n) is 3.55. The summed E-state index contributed by atoms with van der Waals surface area (Å²) in [5.41, 5.74) is 1.42. The molecule has 0 aromatic carbocycles. The summed E-state index contributed by atoms with van der Waals surface area (Å²) < 4.78 is 32.6. The highest BCUT2D eigenvalue weighted by Crippen LogP contribution is 2.34. The van der Waals surface area contributed by atoms with Crippen LogP contribution < -0.4 is 4.72 Å². The van der Waals surface area contributed by atoms with Crippen LogP contribution in [0.5, 0.6) is 0 Å². The van der Waals surface area contributed by atoms with Gasteiger partial charge in [0.25, 0.3) is 5.91 Å². The van der Waals surface area contributed by atoms with Crippen LogP contribution in [0.1, 0.15) is 23.1 Å². The zero-order valence-electron chi connectivity index (χ0n) is 14.2. The minimum absolute atomic E-state index is 0.0144. The van der Waals surface area contributed by atoms with Crippen molar-refractivity contribution in [1.82, 2.24) is 19.4 Å². The predicted molar refractivity (Wildman–Crippen MR) is 88.1 cm³/mol. The first kappa shape index (κ1) is 17.4. The van der Waals surface area contributed by atoms with Gasteiger partial charge in [0.1, 0.15) is 5.69 Å². The molecule has 0 bridgehead atoms. The first-order valence-electron chi connectivity index (χ1n) is 8.18. The van der Waals surface area contributed by atoms with Crippen LogP contribution in [0.25, 0.3) is 0 Å². The van der Waals surface area contributed by atoms with Crippen LogP contribution >= 0.6 is 0 Å². The number of nitrogens with one attached hydrogen (secondary N) is 1. The van der Waals surface area contributed by atoms with Crippen LogP contribution in [0.15, 0.2) is 6.07 Å². The molecule has 0 radical (unpaired) electrons. The van der Waals surface area contributed by atoms with E-state index in [9.17, 15) is 13.2 Å². The molecule has 2 aliphatic heterocycles. The number of carbonyl (C=O) groups excluding carboxylic acids is 1. The number of ether oxygens (including phenoxy) is 1. The van der Waals surface area contributed by atoms with Crippen molar-refractivity contribution in [3.05, 3.63) is 17.5 Å². The third-order valence-electron chi connectivity index (χ3n) is 4.75.